The van der Waals surface area contributed by atoms with E-state index in [-0.39, 0.29) is 19.6 Å². The molecule has 194 valence electrons. The maximum atomic E-state index is 13.2. The number of nitrogens with one attached hydrogen (secondary N) is 4. The second kappa shape index (κ2) is 11.9. The first-order valence-corrected chi connectivity index (χ1v) is 12.2. The number of alkyl carbamates (subject to hydrolysis) is 1. The minimum absolute atomic E-state index is 0.0922. The maximum Gasteiger partial charge on any atom is 0.408 e. The standard InChI is InChI=1S/C28H28N6O4/c35-27(37-18-20-9-3-1-4-10-20)24(29-28(36)38-19-21-11-5-2-6-12-21)15-22-16-34(17-26-30-32-33-31-26)25-14-8-7-13-23(22)25/h1-14,16,24,32-33H,15,17-19H2,(H,29,36)(H,30,31)/t24-/m0/s1. The number of hydrazine groups is 2. The first-order chi connectivity index (χ1) is 18.7. The zero-order valence-corrected chi connectivity index (χ0v) is 20.6. The van der Waals surface area contributed by atoms with Gasteiger partial charge in [-0.15, -0.1) is 10.6 Å². The monoisotopic (exact) mass is 512 g/mol. The molecule has 1 aliphatic heterocycles. The number of hydrogen-bond donors (Lipinski definition) is 4. The highest BCUT2D eigenvalue weighted by molar-refractivity contribution is 5.89. The molecule has 2 heterocycles. The molecule has 10 nitrogen and oxygen atoms in total. The van der Waals surface area contributed by atoms with Crippen molar-refractivity contribution in [2.75, 3.05) is 0 Å². The van der Waals surface area contributed by atoms with Crippen LogP contribution in [0.5, 0.6) is 0 Å². The number of carbonyl (C=O) groups is 2. The van der Waals surface area contributed by atoms with Gasteiger partial charge >= 0.3 is 12.1 Å². The van der Waals surface area contributed by atoms with Crippen LogP contribution in [0, 0.1) is 0 Å². The number of amides is 1. The number of ether oxygens (including phenoxy) is 2. The molecule has 4 N–H and O–H groups in total. The summed E-state index contributed by atoms with van der Waals surface area (Å²) in [6.45, 7) is 0.676. The smallest absolute Gasteiger partial charge is 0.408 e. The summed E-state index contributed by atoms with van der Waals surface area (Å²) in [7, 11) is 0. The Hall–Kier alpha value is -4.83. The Bertz CT molecular complexity index is 1420. The molecule has 10 heteroatoms. The fraction of sp³-hybridized carbons (Fsp3) is 0.179. The lowest BCUT2D eigenvalue weighted by Crippen LogP contribution is -2.43. The van der Waals surface area contributed by atoms with Crippen LogP contribution in [0.15, 0.2) is 96.2 Å². The van der Waals surface area contributed by atoms with Gasteiger partial charge in [-0.05, 0) is 22.8 Å². The van der Waals surface area contributed by atoms with E-state index < -0.39 is 18.1 Å². The molecule has 0 unspecified atom stereocenters. The normalized spacial score (nSPS) is 13.2. The molecule has 0 radical (unpaired) electrons. The van der Waals surface area contributed by atoms with E-state index in [1.807, 2.05) is 95.7 Å². The topological polar surface area (TPSA) is 118 Å². The van der Waals surface area contributed by atoms with Crippen molar-refractivity contribution in [3.8, 4) is 0 Å². The summed E-state index contributed by atoms with van der Waals surface area (Å²) in [4.78, 5) is 25.9. The van der Waals surface area contributed by atoms with Crippen molar-refractivity contribution in [2.45, 2.75) is 32.2 Å². The summed E-state index contributed by atoms with van der Waals surface area (Å²) < 4.78 is 13.0. The third-order valence-electron chi connectivity index (χ3n) is 6.08. The van der Waals surface area contributed by atoms with E-state index >= 15 is 0 Å². The molecule has 0 saturated heterocycles. The van der Waals surface area contributed by atoms with Gasteiger partial charge in [-0.25, -0.2) is 15.1 Å². The predicted molar refractivity (Wildman–Crippen MR) is 142 cm³/mol. The van der Waals surface area contributed by atoms with Gasteiger partial charge < -0.3 is 19.4 Å². The van der Waals surface area contributed by atoms with Crippen LogP contribution >= 0.6 is 0 Å². The highest BCUT2D eigenvalue weighted by Crippen LogP contribution is 2.23. The molecule has 0 fully saturated rings. The lowest BCUT2D eigenvalue weighted by molar-refractivity contribution is -0.147. The molecule has 1 amide bonds. The molecule has 3 aromatic carbocycles. The number of hydrogen-bond acceptors (Lipinski definition) is 8. The third-order valence-corrected chi connectivity index (χ3v) is 6.08. The van der Waals surface area contributed by atoms with Gasteiger partial charge in [-0.1, -0.05) is 78.9 Å². The molecule has 1 aliphatic rings. The SMILES string of the molecule is O=C(N[C@@H](Cc1cn(CC2=NNNN2)c2ccccc12)C(=O)OCc1ccccc1)OCc1ccccc1. The number of fused-ring (bicyclic) bond motifs is 1. The van der Waals surface area contributed by atoms with E-state index in [1.165, 1.54) is 0 Å². The molecule has 0 spiro atoms. The van der Waals surface area contributed by atoms with Crippen molar-refractivity contribution < 1.29 is 19.1 Å². The third kappa shape index (κ3) is 6.29. The van der Waals surface area contributed by atoms with Crippen molar-refractivity contribution in [3.63, 3.8) is 0 Å². The van der Waals surface area contributed by atoms with E-state index in [4.69, 9.17) is 9.47 Å². The summed E-state index contributed by atoms with van der Waals surface area (Å²) in [5.74, 6) is 0.163. The second-order valence-corrected chi connectivity index (χ2v) is 8.78. The molecule has 0 aliphatic carbocycles. The van der Waals surface area contributed by atoms with Gasteiger partial charge in [0.25, 0.3) is 0 Å². The van der Waals surface area contributed by atoms with E-state index in [0.717, 1.165) is 27.6 Å². The van der Waals surface area contributed by atoms with Gasteiger partial charge in [0.2, 0.25) is 0 Å². The van der Waals surface area contributed by atoms with Crippen molar-refractivity contribution in [3.05, 3.63) is 108 Å². The summed E-state index contributed by atoms with van der Waals surface area (Å²) in [5, 5.41) is 7.83. The van der Waals surface area contributed by atoms with Crippen LogP contribution in [-0.2, 0) is 40.4 Å². The fourth-order valence-corrected chi connectivity index (χ4v) is 4.23. The number of carbonyl (C=O) groups excluding carboxylic acids is 2. The van der Waals surface area contributed by atoms with Crippen molar-refractivity contribution >= 4 is 28.8 Å². The molecule has 0 saturated carbocycles. The Morgan fingerprint density at radius 2 is 1.53 bits per heavy atom. The van der Waals surface area contributed by atoms with E-state index in [0.29, 0.717) is 12.4 Å². The Morgan fingerprint density at radius 1 is 0.868 bits per heavy atom. The second-order valence-electron chi connectivity index (χ2n) is 8.78. The number of hydrazone groups is 1. The summed E-state index contributed by atoms with van der Waals surface area (Å²) in [6, 6.07) is 25.7. The highest BCUT2D eigenvalue weighted by atomic mass is 16.6. The number of aromatic nitrogens is 1. The van der Waals surface area contributed by atoms with Gasteiger partial charge in [0.05, 0.1) is 6.54 Å². The Morgan fingerprint density at radius 3 is 2.21 bits per heavy atom. The number of para-hydroxylation sites is 1. The lowest BCUT2D eigenvalue weighted by atomic mass is 10.1. The number of nitrogens with zero attached hydrogens (tertiary/aromatic N) is 2. The summed E-state index contributed by atoms with van der Waals surface area (Å²) >= 11 is 0. The molecular formula is C28H28N6O4. The average Bonchev–Trinajstić information content (AvgIpc) is 3.60. The fourth-order valence-electron chi connectivity index (χ4n) is 4.23. The van der Waals surface area contributed by atoms with E-state index in [1.54, 1.807) is 0 Å². The zero-order valence-electron chi connectivity index (χ0n) is 20.6. The molecule has 5 rings (SSSR count). The minimum atomic E-state index is -0.952. The first kappa shape index (κ1) is 24.8. The highest BCUT2D eigenvalue weighted by Gasteiger charge is 2.26. The molecule has 1 atom stereocenters. The lowest BCUT2D eigenvalue weighted by Gasteiger charge is -2.18. The van der Waals surface area contributed by atoms with E-state index in [2.05, 4.69) is 26.9 Å². The Labute approximate surface area is 219 Å². The average molecular weight is 513 g/mol. The Kier molecular flexibility index (Phi) is 7.80. The van der Waals surface area contributed by atoms with Crippen LogP contribution in [0.4, 0.5) is 4.79 Å². The first-order valence-electron chi connectivity index (χ1n) is 12.2. The Balaban J connectivity index is 1.34. The zero-order chi connectivity index (χ0) is 26.2. The van der Waals surface area contributed by atoms with Crippen LogP contribution in [0.3, 0.4) is 0 Å². The molecular weight excluding hydrogens is 484 g/mol. The summed E-state index contributed by atoms with van der Waals surface area (Å²) in [6.07, 6.45) is 1.49. The largest absolute Gasteiger partial charge is 0.459 e. The molecule has 0 bridgehead atoms. The van der Waals surface area contributed by atoms with Crippen LogP contribution in [0.25, 0.3) is 10.9 Å². The van der Waals surface area contributed by atoms with Gasteiger partial charge in [0.15, 0.2) is 5.84 Å². The van der Waals surface area contributed by atoms with Gasteiger partial charge in [0, 0.05) is 23.5 Å². The van der Waals surface area contributed by atoms with Gasteiger partial charge in [-0.3, -0.25) is 5.43 Å². The van der Waals surface area contributed by atoms with Crippen molar-refractivity contribution in [1.82, 2.24) is 26.4 Å². The van der Waals surface area contributed by atoms with E-state index in [9.17, 15) is 9.59 Å². The minimum Gasteiger partial charge on any atom is -0.459 e. The van der Waals surface area contributed by atoms with Crippen LogP contribution in [0.2, 0.25) is 0 Å². The number of rotatable bonds is 10. The van der Waals surface area contributed by atoms with Crippen molar-refractivity contribution in [1.29, 1.82) is 0 Å². The number of amidine groups is 1. The molecule has 1 aromatic heterocycles. The van der Waals surface area contributed by atoms with Crippen molar-refractivity contribution in [2.24, 2.45) is 5.10 Å². The maximum absolute atomic E-state index is 13.2. The quantitative estimate of drug-likeness (QED) is 0.241. The summed E-state index contributed by atoms with van der Waals surface area (Å²) in [5.41, 5.74) is 11.9. The predicted octanol–water partition coefficient (Wildman–Crippen LogP) is 3.15. The van der Waals surface area contributed by atoms with Gasteiger partial charge in [0.1, 0.15) is 19.3 Å². The van der Waals surface area contributed by atoms with Gasteiger partial charge in [-0.2, -0.15) is 0 Å². The van der Waals surface area contributed by atoms with Crippen LogP contribution in [0.1, 0.15) is 16.7 Å². The number of benzene rings is 3. The molecule has 4 aromatic rings. The van der Waals surface area contributed by atoms with Crippen LogP contribution < -0.4 is 21.8 Å². The molecule has 38 heavy (non-hydrogen) atoms. The van der Waals surface area contributed by atoms with Crippen LogP contribution in [-0.4, -0.2) is 28.5 Å². The number of esters is 1.